The number of carbonyl (C=O) groups is 2. The van der Waals surface area contributed by atoms with Gasteiger partial charge in [-0.25, -0.2) is 23.1 Å². The Balaban J connectivity index is 0.918. The molecular formula is C39H36F2N6O8. The minimum Gasteiger partial charge on any atom is -0.487 e. The van der Waals surface area contributed by atoms with Crippen LogP contribution in [0.2, 0.25) is 0 Å². The first-order valence-corrected chi connectivity index (χ1v) is 18.0. The van der Waals surface area contributed by atoms with Gasteiger partial charge in [-0.05, 0) is 43.5 Å². The highest BCUT2D eigenvalue weighted by molar-refractivity contribution is 5.98. The van der Waals surface area contributed by atoms with Crippen LogP contribution in [-0.4, -0.2) is 80.8 Å². The summed E-state index contributed by atoms with van der Waals surface area (Å²) >= 11 is 0. The maximum atomic E-state index is 16.2. The molecule has 1 aliphatic carbocycles. The summed E-state index contributed by atoms with van der Waals surface area (Å²) in [5, 5.41) is 19.6. The Morgan fingerprint density at radius 3 is 2.62 bits per heavy atom. The van der Waals surface area contributed by atoms with Gasteiger partial charge in [-0.2, -0.15) is 0 Å². The number of hydrogen-bond donors (Lipinski definition) is 1. The van der Waals surface area contributed by atoms with Crippen LogP contribution in [0.1, 0.15) is 46.9 Å². The molecule has 5 aromatic rings. The smallest absolute Gasteiger partial charge is 0.414 e. The van der Waals surface area contributed by atoms with Gasteiger partial charge in [0.15, 0.2) is 23.1 Å². The standard InChI is InChI=1S/C39H36F2N6O8/c1-22-14-44(43-42-22)15-27-16-46(38(50)55-27)25-9-10-32(30(40)11-25)54-21-39(51)13-26-19-52-36-33-28(12-31(41)34(36)47(26)20-39)35(48)29(17-45(33)24-7-8-24)37(49)53-18-23-5-3-2-4-6-23/h2-6,9-12,14,17,24,26-27,51H,7-8,13,15-16,18-21H2,1H3/t26-,27-,39-/m0/s1. The lowest BCUT2D eigenvalue weighted by molar-refractivity contribution is 0.00980. The lowest BCUT2D eigenvalue weighted by Gasteiger charge is -2.34. The van der Waals surface area contributed by atoms with E-state index in [0.29, 0.717) is 12.1 Å². The van der Waals surface area contributed by atoms with Gasteiger partial charge < -0.3 is 33.5 Å². The lowest BCUT2D eigenvalue weighted by Crippen LogP contribution is -2.41. The molecule has 0 bridgehead atoms. The van der Waals surface area contributed by atoms with E-state index in [1.165, 1.54) is 29.3 Å². The van der Waals surface area contributed by atoms with Crippen molar-refractivity contribution in [2.75, 3.05) is 36.1 Å². The lowest BCUT2D eigenvalue weighted by atomic mass is 10.0. The average Bonchev–Trinajstić information content (AvgIpc) is 3.70. The summed E-state index contributed by atoms with van der Waals surface area (Å²) < 4.78 is 57.8. The number of halogens is 2. The van der Waals surface area contributed by atoms with E-state index in [4.69, 9.17) is 18.9 Å². The minimum atomic E-state index is -1.52. The molecule has 2 saturated heterocycles. The van der Waals surface area contributed by atoms with E-state index in [1.54, 1.807) is 39.4 Å². The Hall–Kier alpha value is -6.03. The Morgan fingerprint density at radius 2 is 1.87 bits per heavy atom. The number of amides is 1. The topological polar surface area (TPSA) is 150 Å². The van der Waals surface area contributed by atoms with Crippen molar-refractivity contribution in [1.82, 2.24) is 19.6 Å². The number of aryl methyl sites for hydroxylation is 1. The minimum absolute atomic E-state index is 0.00418. The van der Waals surface area contributed by atoms with E-state index < -0.39 is 46.9 Å². The summed E-state index contributed by atoms with van der Waals surface area (Å²) in [4.78, 5) is 42.5. The third-order valence-corrected chi connectivity index (χ3v) is 10.4. The van der Waals surface area contributed by atoms with Crippen molar-refractivity contribution in [1.29, 1.82) is 0 Å². The van der Waals surface area contributed by atoms with E-state index in [1.807, 2.05) is 18.2 Å². The third kappa shape index (κ3) is 6.49. The largest absolute Gasteiger partial charge is 0.487 e. The van der Waals surface area contributed by atoms with Crippen LogP contribution in [0.4, 0.5) is 25.0 Å². The van der Waals surface area contributed by atoms with Gasteiger partial charge in [-0.1, -0.05) is 35.5 Å². The molecule has 1 amide bonds. The monoisotopic (exact) mass is 754 g/mol. The molecule has 3 aliphatic heterocycles. The number of pyridine rings is 1. The van der Waals surface area contributed by atoms with E-state index in [2.05, 4.69) is 10.3 Å². The van der Waals surface area contributed by atoms with Crippen LogP contribution in [0, 0.1) is 18.6 Å². The van der Waals surface area contributed by atoms with E-state index >= 15 is 8.78 Å². The Labute approximate surface area is 312 Å². The zero-order valence-corrected chi connectivity index (χ0v) is 29.7. The van der Waals surface area contributed by atoms with Crippen molar-refractivity contribution >= 4 is 34.3 Å². The number of aromatic nitrogens is 4. The van der Waals surface area contributed by atoms with E-state index in [9.17, 15) is 19.5 Å². The fraction of sp³-hybridized carbons (Fsp3) is 0.359. The van der Waals surface area contributed by atoms with E-state index in [0.717, 1.165) is 30.2 Å². The van der Waals surface area contributed by atoms with E-state index in [-0.39, 0.29) is 79.2 Å². The molecule has 9 rings (SSSR count). The SMILES string of the molecule is Cc1cn(C[C@H]2CN(c3ccc(OC[C@]4(O)C[C@H]5COc6c(c(F)cc7c(=O)c(C(=O)OCc8ccccc8)cn(C8CC8)c67)N5C4)c(F)c3)C(=O)O2)nn1. The molecule has 16 heteroatoms. The van der Waals surface area contributed by atoms with Gasteiger partial charge in [-0.3, -0.25) is 9.69 Å². The highest BCUT2D eigenvalue weighted by atomic mass is 19.1. The molecule has 2 aromatic heterocycles. The quantitative estimate of drug-likeness (QED) is 0.198. The van der Waals surface area contributed by atoms with Gasteiger partial charge in [-0.15, -0.1) is 5.10 Å². The summed E-state index contributed by atoms with van der Waals surface area (Å²) in [6, 6.07) is 13.8. The molecule has 0 spiro atoms. The van der Waals surface area contributed by atoms with Crippen LogP contribution >= 0.6 is 0 Å². The number of hydrogen-bond acceptors (Lipinski definition) is 11. The number of benzene rings is 3. The molecule has 1 saturated carbocycles. The van der Waals surface area contributed by atoms with Crippen LogP contribution in [0.5, 0.6) is 11.5 Å². The fourth-order valence-corrected chi connectivity index (χ4v) is 7.70. The van der Waals surface area contributed by atoms with Crippen molar-refractivity contribution in [3.05, 3.63) is 106 Å². The summed E-state index contributed by atoms with van der Waals surface area (Å²) in [6.45, 7) is 1.97. The number of carbonyl (C=O) groups excluding carboxylic acids is 2. The highest BCUT2D eigenvalue weighted by Gasteiger charge is 2.48. The molecule has 14 nitrogen and oxygen atoms in total. The number of aliphatic hydroxyl groups is 1. The Kier molecular flexibility index (Phi) is 8.44. The summed E-state index contributed by atoms with van der Waals surface area (Å²) in [6.07, 6.45) is 3.82. The van der Waals surface area contributed by atoms with Crippen LogP contribution in [0.3, 0.4) is 0 Å². The maximum Gasteiger partial charge on any atom is 0.414 e. The second kappa shape index (κ2) is 13.4. The molecule has 55 heavy (non-hydrogen) atoms. The first-order valence-electron chi connectivity index (χ1n) is 18.0. The molecule has 0 unspecified atom stereocenters. The van der Waals surface area contributed by atoms with Crippen molar-refractivity contribution in [3.8, 4) is 11.5 Å². The Bertz CT molecular complexity index is 2400. The van der Waals surface area contributed by atoms with Crippen molar-refractivity contribution < 1.29 is 42.4 Å². The summed E-state index contributed by atoms with van der Waals surface area (Å²) in [7, 11) is 0. The van der Waals surface area contributed by atoms with Gasteiger partial charge in [0.2, 0.25) is 5.43 Å². The molecule has 4 aliphatic rings. The first-order chi connectivity index (χ1) is 26.5. The molecular weight excluding hydrogens is 718 g/mol. The highest BCUT2D eigenvalue weighted by Crippen LogP contribution is 2.48. The normalized spacial score (nSPS) is 21.6. The van der Waals surface area contributed by atoms with Crippen molar-refractivity contribution in [3.63, 3.8) is 0 Å². The number of anilines is 2. The predicted molar refractivity (Wildman–Crippen MR) is 192 cm³/mol. The number of ether oxygens (including phenoxy) is 4. The number of cyclic esters (lactones) is 1. The second-order valence-corrected chi connectivity index (χ2v) is 14.6. The zero-order valence-electron chi connectivity index (χ0n) is 29.7. The van der Waals surface area contributed by atoms with Crippen LogP contribution < -0.4 is 24.7 Å². The average molecular weight is 755 g/mol. The molecule has 3 fully saturated rings. The van der Waals surface area contributed by atoms with Gasteiger partial charge in [0.1, 0.15) is 42.8 Å². The maximum absolute atomic E-state index is 16.2. The first kappa shape index (κ1) is 34.7. The fourth-order valence-electron chi connectivity index (χ4n) is 7.70. The number of esters is 1. The molecule has 0 radical (unpaired) electrons. The molecule has 284 valence electrons. The van der Waals surface area contributed by atoms with Crippen molar-refractivity contribution in [2.24, 2.45) is 0 Å². The third-order valence-electron chi connectivity index (χ3n) is 10.4. The number of fused-ring (bicyclic) bond motifs is 5. The van der Waals surface area contributed by atoms with Crippen LogP contribution in [-0.2, 0) is 22.6 Å². The molecule has 3 atom stereocenters. The van der Waals surface area contributed by atoms with Gasteiger partial charge >= 0.3 is 12.1 Å². The van der Waals surface area contributed by atoms with Gasteiger partial charge in [0, 0.05) is 30.9 Å². The predicted octanol–water partition coefficient (Wildman–Crippen LogP) is 4.68. The summed E-state index contributed by atoms with van der Waals surface area (Å²) in [5.74, 6) is -2.27. The second-order valence-electron chi connectivity index (χ2n) is 14.6. The zero-order chi connectivity index (χ0) is 38.0. The van der Waals surface area contributed by atoms with Crippen LogP contribution in [0.25, 0.3) is 10.9 Å². The van der Waals surface area contributed by atoms with Crippen LogP contribution in [0.15, 0.2) is 71.8 Å². The Morgan fingerprint density at radius 1 is 1.05 bits per heavy atom. The number of nitrogens with zero attached hydrogens (tertiary/aromatic N) is 6. The van der Waals surface area contributed by atoms with Gasteiger partial charge in [0.05, 0.1) is 48.0 Å². The number of rotatable bonds is 10. The molecule has 1 N–H and O–H groups in total. The van der Waals surface area contributed by atoms with Crippen molar-refractivity contribution in [2.45, 2.75) is 63.1 Å². The molecule has 3 aromatic carbocycles. The summed E-state index contributed by atoms with van der Waals surface area (Å²) in [5.41, 5.74) is -0.143. The van der Waals surface area contributed by atoms with Gasteiger partial charge in [0.25, 0.3) is 0 Å². The molecule has 5 heterocycles.